The first-order chi connectivity index (χ1) is 8.72. The molecule has 1 saturated carbocycles. The Labute approximate surface area is 110 Å². The molecule has 2 rings (SSSR count). The van der Waals surface area contributed by atoms with E-state index in [1.165, 1.54) is 37.7 Å². The fourth-order valence-corrected chi connectivity index (χ4v) is 2.82. The van der Waals surface area contributed by atoms with E-state index < -0.39 is 0 Å². The van der Waals surface area contributed by atoms with Gasteiger partial charge in [0.2, 0.25) is 0 Å². The minimum absolute atomic E-state index is 0.199. The van der Waals surface area contributed by atoms with Crippen LogP contribution in [0.1, 0.15) is 54.9 Å². The van der Waals surface area contributed by atoms with Crippen molar-refractivity contribution in [3.05, 3.63) is 35.4 Å². The van der Waals surface area contributed by atoms with Crippen molar-refractivity contribution < 1.29 is 4.79 Å². The van der Waals surface area contributed by atoms with Crippen LogP contribution in [0.15, 0.2) is 24.3 Å². The maximum Gasteiger partial charge on any atom is 0.254 e. The second-order valence-corrected chi connectivity index (χ2v) is 5.25. The van der Waals surface area contributed by atoms with Crippen molar-refractivity contribution in [1.29, 1.82) is 0 Å². The molecular weight excluding hydrogens is 222 g/mol. The fraction of sp³-hybridized carbons (Fsp3) is 0.562. The van der Waals surface area contributed by atoms with E-state index in [0.29, 0.717) is 6.04 Å². The summed E-state index contributed by atoms with van der Waals surface area (Å²) in [5, 5.41) is 0. The lowest BCUT2D eigenvalue weighted by Gasteiger charge is -2.33. The molecule has 0 atom stereocenters. The minimum atomic E-state index is 0.199. The zero-order valence-corrected chi connectivity index (χ0v) is 11.5. The number of nitrogens with zero attached hydrogens (tertiary/aromatic N) is 1. The Bertz CT molecular complexity index is 390. The highest BCUT2D eigenvalue weighted by atomic mass is 16.2. The van der Waals surface area contributed by atoms with Crippen molar-refractivity contribution in [2.24, 2.45) is 0 Å². The van der Waals surface area contributed by atoms with Gasteiger partial charge in [0, 0.05) is 18.2 Å². The average Bonchev–Trinajstić information content (AvgIpc) is 2.41. The molecule has 0 bridgehead atoms. The van der Waals surface area contributed by atoms with Crippen molar-refractivity contribution in [1.82, 2.24) is 4.90 Å². The first kappa shape index (κ1) is 13.1. The van der Waals surface area contributed by atoms with Crippen LogP contribution in [0.3, 0.4) is 0 Å². The van der Waals surface area contributed by atoms with Gasteiger partial charge >= 0.3 is 0 Å². The smallest absolute Gasteiger partial charge is 0.254 e. The van der Waals surface area contributed by atoms with Gasteiger partial charge in [-0.25, -0.2) is 0 Å². The zero-order chi connectivity index (χ0) is 13.0. The topological polar surface area (TPSA) is 20.3 Å². The summed E-state index contributed by atoms with van der Waals surface area (Å²) >= 11 is 0. The molecule has 1 amide bonds. The van der Waals surface area contributed by atoms with Crippen LogP contribution in [-0.2, 0) is 0 Å². The predicted molar refractivity (Wildman–Crippen MR) is 74.8 cm³/mol. The van der Waals surface area contributed by atoms with E-state index in [-0.39, 0.29) is 5.91 Å². The molecule has 0 aromatic heterocycles. The normalized spacial score (nSPS) is 16.6. The van der Waals surface area contributed by atoms with E-state index >= 15 is 0 Å². The van der Waals surface area contributed by atoms with E-state index in [1.807, 2.05) is 31.2 Å². The molecule has 0 unspecified atom stereocenters. The maximum atomic E-state index is 12.5. The Kier molecular flexibility index (Phi) is 4.40. The molecule has 1 fully saturated rings. The van der Waals surface area contributed by atoms with Crippen LogP contribution >= 0.6 is 0 Å². The van der Waals surface area contributed by atoms with E-state index in [0.717, 1.165) is 12.1 Å². The van der Waals surface area contributed by atoms with Gasteiger partial charge in [-0.15, -0.1) is 0 Å². The van der Waals surface area contributed by atoms with Gasteiger partial charge in [0.15, 0.2) is 0 Å². The summed E-state index contributed by atoms with van der Waals surface area (Å²) in [6.45, 7) is 4.95. The Balaban J connectivity index is 2.11. The van der Waals surface area contributed by atoms with Crippen LogP contribution in [0.4, 0.5) is 0 Å². The van der Waals surface area contributed by atoms with Gasteiger partial charge in [-0.2, -0.15) is 0 Å². The molecule has 1 aromatic rings. The van der Waals surface area contributed by atoms with Crippen molar-refractivity contribution >= 4 is 5.91 Å². The van der Waals surface area contributed by atoms with Gasteiger partial charge in [0.05, 0.1) is 0 Å². The van der Waals surface area contributed by atoms with Crippen LogP contribution in [0.25, 0.3) is 0 Å². The van der Waals surface area contributed by atoms with Gasteiger partial charge in [-0.1, -0.05) is 37.0 Å². The highest BCUT2D eigenvalue weighted by molar-refractivity contribution is 5.94. The number of aryl methyl sites for hydroxylation is 1. The first-order valence-electron chi connectivity index (χ1n) is 7.10. The predicted octanol–water partition coefficient (Wildman–Crippen LogP) is 3.79. The third kappa shape index (κ3) is 2.92. The summed E-state index contributed by atoms with van der Waals surface area (Å²) in [5.41, 5.74) is 2.03. The maximum absolute atomic E-state index is 12.5. The molecule has 0 radical (unpaired) electrons. The quantitative estimate of drug-likeness (QED) is 0.793. The van der Waals surface area contributed by atoms with E-state index in [2.05, 4.69) is 11.8 Å². The Hall–Kier alpha value is -1.31. The lowest BCUT2D eigenvalue weighted by atomic mass is 9.93. The number of rotatable bonds is 3. The van der Waals surface area contributed by atoms with Gasteiger partial charge in [0.1, 0.15) is 0 Å². The molecular formula is C16H23NO. The first-order valence-corrected chi connectivity index (χ1v) is 7.10. The lowest BCUT2D eigenvalue weighted by molar-refractivity contribution is 0.0648. The van der Waals surface area contributed by atoms with Gasteiger partial charge in [-0.05, 0) is 38.8 Å². The molecule has 1 aliphatic carbocycles. The number of benzene rings is 1. The Morgan fingerprint density at radius 1 is 1.17 bits per heavy atom. The fourth-order valence-electron chi connectivity index (χ4n) is 2.82. The van der Waals surface area contributed by atoms with Crippen LogP contribution in [-0.4, -0.2) is 23.4 Å². The molecule has 0 saturated heterocycles. The van der Waals surface area contributed by atoms with Crippen molar-refractivity contribution in [2.45, 2.75) is 52.0 Å². The SMILES string of the molecule is CCN(C(=O)c1ccc(C)cc1)C1CCCCC1. The summed E-state index contributed by atoms with van der Waals surface area (Å²) in [4.78, 5) is 14.6. The number of carbonyl (C=O) groups excluding carboxylic acids is 1. The van der Waals surface area contributed by atoms with E-state index in [4.69, 9.17) is 0 Å². The minimum Gasteiger partial charge on any atom is -0.336 e. The van der Waals surface area contributed by atoms with Crippen LogP contribution in [0.2, 0.25) is 0 Å². The summed E-state index contributed by atoms with van der Waals surface area (Å²) in [5.74, 6) is 0.199. The van der Waals surface area contributed by atoms with Crippen LogP contribution in [0.5, 0.6) is 0 Å². The molecule has 0 N–H and O–H groups in total. The second kappa shape index (κ2) is 6.03. The number of hydrogen-bond acceptors (Lipinski definition) is 1. The average molecular weight is 245 g/mol. The van der Waals surface area contributed by atoms with E-state index in [9.17, 15) is 4.79 Å². The van der Waals surface area contributed by atoms with Crippen molar-refractivity contribution in [3.63, 3.8) is 0 Å². The molecule has 1 aliphatic rings. The summed E-state index contributed by atoms with van der Waals surface area (Å²) < 4.78 is 0. The van der Waals surface area contributed by atoms with Crippen LogP contribution < -0.4 is 0 Å². The van der Waals surface area contributed by atoms with Crippen molar-refractivity contribution in [3.8, 4) is 0 Å². The van der Waals surface area contributed by atoms with E-state index in [1.54, 1.807) is 0 Å². The number of carbonyl (C=O) groups is 1. The Morgan fingerprint density at radius 3 is 2.33 bits per heavy atom. The second-order valence-electron chi connectivity index (χ2n) is 5.25. The highest BCUT2D eigenvalue weighted by Crippen LogP contribution is 2.23. The molecule has 0 aliphatic heterocycles. The third-order valence-corrected chi connectivity index (χ3v) is 3.92. The number of amides is 1. The lowest BCUT2D eigenvalue weighted by Crippen LogP contribution is -2.41. The summed E-state index contributed by atoms with van der Waals surface area (Å²) in [6.07, 6.45) is 6.20. The van der Waals surface area contributed by atoms with Gasteiger partial charge in [-0.3, -0.25) is 4.79 Å². The molecule has 1 aromatic carbocycles. The zero-order valence-electron chi connectivity index (χ0n) is 11.5. The molecule has 2 heteroatoms. The molecule has 0 spiro atoms. The van der Waals surface area contributed by atoms with Crippen LogP contribution in [0, 0.1) is 6.92 Å². The van der Waals surface area contributed by atoms with Gasteiger partial charge < -0.3 is 4.90 Å². The van der Waals surface area contributed by atoms with Gasteiger partial charge in [0.25, 0.3) is 5.91 Å². The highest BCUT2D eigenvalue weighted by Gasteiger charge is 2.24. The standard InChI is InChI=1S/C16H23NO/c1-3-17(15-7-5-4-6-8-15)16(18)14-11-9-13(2)10-12-14/h9-12,15H,3-8H2,1-2H3. The molecule has 18 heavy (non-hydrogen) atoms. The van der Waals surface area contributed by atoms with Crippen molar-refractivity contribution in [2.75, 3.05) is 6.54 Å². The molecule has 98 valence electrons. The largest absolute Gasteiger partial charge is 0.336 e. The number of hydrogen-bond donors (Lipinski definition) is 0. The summed E-state index contributed by atoms with van der Waals surface area (Å²) in [7, 11) is 0. The monoisotopic (exact) mass is 245 g/mol. The Morgan fingerprint density at radius 2 is 1.78 bits per heavy atom. The molecule has 2 nitrogen and oxygen atoms in total. The third-order valence-electron chi connectivity index (χ3n) is 3.92. The summed E-state index contributed by atoms with van der Waals surface area (Å²) in [6, 6.07) is 8.38. The molecule has 0 heterocycles.